The SMILES string of the molecule is O=C(Nc1cc(Cl)nc(Cl)c1)OCCCCCNCc1c[nH]c2ccccc12. The van der Waals surface area contributed by atoms with Crippen molar-refractivity contribution in [2.45, 2.75) is 25.8 Å². The van der Waals surface area contributed by atoms with E-state index < -0.39 is 6.09 Å². The molecule has 0 spiro atoms. The van der Waals surface area contributed by atoms with E-state index in [0.29, 0.717) is 12.3 Å². The molecule has 3 N–H and O–H groups in total. The summed E-state index contributed by atoms with van der Waals surface area (Å²) < 4.78 is 5.16. The van der Waals surface area contributed by atoms with Crippen molar-refractivity contribution in [1.29, 1.82) is 0 Å². The van der Waals surface area contributed by atoms with Gasteiger partial charge in [0.1, 0.15) is 10.3 Å². The van der Waals surface area contributed by atoms with Crippen LogP contribution in [0.5, 0.6) is 0 Å². The summed E-state index contributed by atoms with van der Waals surface area (Å²) in [6.07, 6.45) is 4.31. The van der Waals surface area contributed by atoms with Gasteiger partial charge in [-0.2, -0.15) is 0 Å². The molecule has 2 heterocycles. The van der Waals surface area contributed by atoms with Crippen molar-refractivity contribution in [3.8, 4) is 0 Å². The number of nitrogens with one attached hydrogen (secondary N) is 3. The lowest BCUT2D eigenvalue weighted by atomic mass is 10.2. The average Bonchev–Trinajstić information content (AvgIpc) is 3.06. The van der Waals surface area contributed by atoms with E-state index in [2.05, 4.69) is 32.7 Å². The van der Waals surface area contributed by atoms with E-state index in [1.54, 1.807) is 0 Å². The maximum Gasteiger partial charge on any atom is 0.411 e. The molecule has 8 heteroatoms. The minimum Gasteiger partial charge on any atom is -0.449 e. The number of aromatic nitrogens is 2. The van der Waals surface area contributed by atoms with Gasteiger partial charge >= 0.3 is 6.09 Å². The summed E-state index contributed by atoms with van der Waals surface area (Å²) in [5, 5.41) is 7.71. The van der Waals surface area contributed by atoms with Crippen LogP contribution in [0.4, 0.5) is 10.5 Å². The molecule has 1 aromatic carbocycles. The van der Waals surface area contributed by atoms with Gasteiger partial charge in [-0.3, -0.25) is 5.32 Å². The predicted molar refractivity (Wildman–Crippen MR) is 113 cm³/mol. The summed E-state index contributed by atoms with van der Waals surface area (Å²) in [5.74, 6) is 0. The van der Waals surface area contributed by atoms with Crippen LogP contribution in [0.1, 0.15) is 24.8 Å². The first-order valence-corrected chi connectivity index (χ1v) is 9.90. The van der Waals surface area contributed by atoms with Crippen molar-refractivity contribution in [2.75, 3.05) is 18.5 Å². The highest BCUT2D eigenvalue weighted by Crippen LogP contribution is 2.19. The quantitative estimate of drug-likeness (QED) is 0.320. The number of ether oxygens (including phenoxy) is 1. The zero-order valence-corrected chi connectivity index (χ0v) is 16.8. The molecule has 0 saturated heterocycles. The van der Waals surface area contributed by atoms with Crippen LogP contribution >= 0.6 is 23.2 Å². The molecule has 0 bridgehead atoms. The molecule has 3 rings (SSSR count). The number of aromatic amines is 1. The Hall–Kier alpha value is -2.28. The van der Waals surface area contributed by atoms with Crippen LogP contribution in [0.3, 0.4) is 0 Å². The summed E-state index contributed by atoms with van der Waals surface area (Å²) in [6.45, 7) is 2.11. The van der Waals surface area contributed by atoms with Crippen molar-refractivity contribution in [1.82, 2.24) is 15.3 Å². The molecule has 148 valence electrons. The number of hydrogen-bond acceptors (Lipinski definition) is 4. The Kier molecular flexibility index (Phi) is 7.54. The highest BCUT2D eigenvalue weighted by Gasteiger charge is 2.06. The lowest BCUT2D eigenvalue weighted by molar-refractivity contribution is 0.159. The first kappa shape index (κ1) is 20.5. The zero-order valence-electron chi connectivity index (χ0n) is 15.3. The number of halogens is 2. The van der Waals surface area contributed by atoms with E-state index in [4.69, 9.17) is 27.9 Å². The second-order valence-electron chi connectivity index (χ2n) is 6.36. The number of H-pyrrole nitrogens is 1. The Morgan fingerprint density at radius 1 is 1.11 bits per heavy atom. The zero-order chi connectivity index (χ0) is 19.8. The number of para-hydroxylation sites is 1. The van der Waals surface area contributed by atoms with E-state index >= 15 is 0 Å². The number of nitrogens with zero attached hydrogens (tertiary/aromatic N) is 1. The number of fused-ring (bicyclic) bond motifs is 1. The fourth-order valence-electron chi connectivity index (χ4n) is 2.89. The maximum absolute atomic E-state index is 11.8. The Labute approximate surface area is 173 Å². The van der Waals surface area contributed by atoms with Crippen molar-refractivity contribution in [3.05, 3.63) is 58.5 Å². The van der Waals surface area contributed by atoms with Crippen LogP contribution in [0.2, 0.25) is 10.3 Å². The number of anilines is 1. The van der Waals surface area contributed by atoms with Crippen molar-refractivity contribution >= 4 is 45.9 Å². The molecular weight excluding hydrogens is 399 g/mol. The molecule has 2 aromatic heterocycles. The Morgan fingerprint density at radius 2 is 1.89 bits per heavy atom. The van der Waals surface area contributed by atoms with Crippen LogP contribution in [0, 0.1) is 0 Å². The van der Waals surface area contributed by atoms with Gasteiger partial charge in [-0.25, -0.2) is 9.78 Å². The lowest BCUT2D eigenvalue weighted by Gasteiger charge is -2.08. The summed E-state index contributed by atoms with van der Waals surface area (Å²) in [6, 6.07) is 11.3. The molecule has 28 heavy (non-hydrogen) atoms. The highest BCUT2D eigenvalue weighted by molar-refractivity contribution is 6.32. The fourth-order valence-corrected chi connectivity index (χ4v) is 3.35. The molecule has 0 saturated carbocycles. The molecule has 1 amide bonds. The van der Waals surface area contributed by atoms with Crippen LogP contribution in [0.15, 0.2) is 42.6 Å². The third-order valence-electron chi connectivity index (χ3n) is 4.23. The van der Waals surface area contributed by atoms with Gasteiger partial charge in [0.25, 0.3) is 0 Å². The van der Waals surface area contributed by atoms with Crippen LogP contribution in [0.25, 0.3) is 10.9 Å². The molecule has 3 aromatic rings. The molecule has 0 fully saturated rings. The largest absolute Gasteiger partial charge is 0.449 e. The van der Waals surface area contributed by atoms with Gasteiger partial charge in [-0.1, -0.05) is 41.4 Å². The third-order valence-corrected chi connectivity index (χ3v) is 4.62. The molecule has 0 aliphatic carbocycles. The van der Waals surface area contributed by atoms with Gasteiger partial charge in [0.15, 0.2) is 0 Å². The van der Waals surface area contributed by atoms with Crippen LogP contribution in [-0.2, 0) is 11.3 Å². The maximum atomic E-state index is 11.8. The number of carbonyl (C=O) groups is 1. The minimum atomic E-state index is -0.532. The van der Waals surface area contributed by atoms with E-state index in [1.165, 1.54) is 23.1 Å². The number of rotatable bonds is 9. The van der Waals surface area contributed by atoms with Crippen molar-refractivity contribution in [3.63, 3.8) is 0 Å². The average molecular weight is 421 g/mol. The van der Waals surface area contributed by atoms with Gasteiger partial charge in [-0.15, -0.1) is 0 Å². The standard InChI is InChI=1S/C20H22Cl2N4O2/c21-18-10-15(11-19(22)26-18)25-20(27)28-9-5-1-4-8-23-12-14-13-24-17-7-3-2-6-16(14)17/h2-3,6-7,10-11,13,23-24H,1,4-5,8-9,12H2,(H,25,26,27). The molecule has 0 unspecified atom stereocenters. The van der Waals surface area contributed by atoms with Gasteiger partial charge in [0.05, 0.1) is 12.3 Å². The van der Waals surface area contributed by atoms with Gasteiger partial charge < -0.3 is 15.0 Å². The Bertz CT molecular complexity index is 909. The normalized spacial score (nSPS) is 10.9. The molecule has 0 atom stereocenters. The number of benzene rings is 1. The predicted octanol–water partition coefficient (Wildman–Crippen LogP) is 5.38. The summed E-state index contributed by atoms with van der Waals surface area (Å²) >= 11 is 11.6. The third kappa shape index (κ3) is 6.12. The number of hydrogen-bond donors (Lipinski definition) is 3. The number of pyridine rings is 1. The Balaban J connectivity index is 1.25. The minimum absolute atomic E-state index is 0.211. The van der Waals surface area contributed by atoms with E-state index in [-0.39, 0.29) is 10.3 Å². The van der Waals surface area contributed by atoms with Crippen molar-refractivity contribution in [2.24, 2.45) is 0 Å². The molecule has 0 aliphatic rings. The van der Waals surface area contributed by atoms with Crippen LogP contribution < -0.4 is 10.6 Å². The van der Waals surface area contributed by atoms with Gasteiger partial charge in [-0.05, 0) is 49.6 Å². The summed E-state index contributed by atoms with van der Waals surface area (Å²) in [5.41, 5.74) is 2.88. The Morgan fingerprint density at radius 3 is 2.71 bits per heavy atom. The molecule has 6 nitrogen and oxygen atoms in total. The van der Waals surface area contributed by atoms with Crippen molar-refractivity contribution < 1.29 is 9.53 Å². The van der Waals surface area contributed by atoms with E-state index in [1.807, 2.05) is 18.3 Å². The number of carbonyl (C=O) groups excluding carboxylic acids is 1. The lowest BCUT2D eigenvalue weighted by Crippen LogP contribution is -2.16. The number of unbranched alkanes of at least 4 members (excludes halogenated alkanes) is 2. The van der Waals surface area contributed by atoms with E-state index in [0.717, 1.165) is 37.9 Å². The summed E-state index contributed by atoms with van der Waals surface area (Å²) in [4.78, 5) is 18.8. The summed E-state index contributed by atoms with van der Waals surface area (Å²) in [7, 11) is 0. The first-order valence-electron chi connectivity index (χ1n) is 9.14. The first-order chi connectivity index (χ1) is 13.6. The van der Waals surface area contributed by atoms with E-state index in [9.17, 15) is 4.79 Å². The monoisotopic (exact) mass is 420 g/mol. The van der Waals surface area contributed by atoms with Crippen LogP contribution in [-0.4, -0.2) is 29.2 Å². The van der Waals surface area contributed by atoms with Gasteiger partial charge in [0, 0.05) is 23.6 Å². The topological polar surface area (TPSA) is 79.0 Å². The molecule has 0 aliphatic heterocycles. The second-order valence-corrected chi connectivity index (χ2v) is 7.13. The molecular formula is C20H22Cl2N4O2. The fraction of sp³-hybridized carbons (Fsp3) is 0.300. The second kappa shape index (κ2) is 10.3. The number of amides is 1. The smallest absolute Gasteiger partial charge is 0.411 e. The van der Waals surface area contributed by atoms with Gasteiger partial charge in [0.2, 0.25) is 0 Å². The molecule has 0 radical (unpaired) electrons. The highest BCUT2D eigenvalue weighted by atomic mass is 35.5.